The highest BCUT2D eigenvalue weighted by molar-refractivity contribution is 5.58. The van der Waals surface area contributed by atoms with Crippen LogP contribution in [0.3, 0.4) is 0 Å². The largest absolute Gasteiger partial charge is 0.495 e. The molecule has 0 radical (unpaired) electrons. The number of nitrogens with zero attached hydrogens (tertiary/aromatic N) is 1. The van der Waals surface area contributed by atoms with Crippen LogP contribution in [0.25, 0.3) is 0 Å². The van der Waals surface area contributed by atoms with E-state index in [0.29, 0.717) is 17.9 Å². The summed E-state index contributed by atoms with van der Waals surface area (Å²) in [7, 11) is 1.58. The highest BCUT2D eigenvalue weighted by Gasteiger charge is 2.06. The third-order valence-corrected chi connectivity index (χ3v) is 3.53. The van der Waals surface area contributed by atoms with Gasteiger partial charge in [-0.1, -0.05) is 23.8 Å². The van der Waals surface area contributed by atoms with Gasteiger partial charge in [0.25, 0.3) is 0 Å². The Bertz CT molecular complexity index is 676. The molecule has 0 unspecified atom stereocenters. The Hall–Kier alpha value is -2.47. The van der Waals surface area contributed by atoms with Gasteiger partial charge in [0.05, 0.1) is 12.7 Å². The van der Waals surface area contributed by atoms with Crippen LogP contribution in [0.4, 0.5) is 5.69 Å². The van der Waals surface area contributed by atoms with Crippen molar-refractivity contribution in [2.75, 3.05) is 12.4 Å². The summed E-state index contributed by atoms with van der Waals surface area (Å²) in [5, 5.41) is 12.6. The molecule has 0 amide bonds. The summed E-state index contributed by atoms with van der Waals surface area (Å²) in [6.45, 7) is 7.00. The van der Waals surface area contributed by atoms with Gasteiger partial charge in [0, 0.05) is 12.2 Å². The summed E-state index contributed by atoms with van der Waals surface area (Å²) in [6, 6.07) is 12.2. The zero-order valence-corrected chi connectivity index (χ0v) is 12.9. The molecular weight excluding hydrogens is 260 g/mol. The van der Waals surface area contributed by atoms with Gasteiger partial charge in [0.15, 0.2) is 0 Å². The Labute approximate surface area is 126 Å². The number of methoxy groups -OCH3 is 1. The third-order valence-electron chi connectivity index (χ3n) is 3.53. The number of nitriles is 1. The van der Waals surface area contributed by atoms with Crippen LogP contribution >= 0.6 is 0 Å². The third kappa shape index (κ3) is 3.35. The van der Waals surface area contributed by atoms with Crippen molar-refractivity contribution in [2.24, 2.45) is 0 Å². The summed E-state index contributed by atoms with van der Waals surface area (Å²) in [5.41, 5.74) is 6.53. The van der Waals surface area contributed by atoms with E-state index >= 15 is 0 Å². The normalized spacial score (nSPS) is 10.0. The lowest BCUT2D eigenvalue weighted by Crippen LogP contribution is -2.04. The molecule has 0 aromatic heterocycles. The summed E-state index contributed by atoms with van der Waals surface area (Å²) < 4.78 is 5.16. The van der Waals surface area contributed by atoms with Gasteiger partial charge in [0.2, 0.25) is 0 Å². The molecule has 2 aromatic carbocycles. The van der Waals surface area contributed by atoms with Crippen LogP contribution in [0.1, 0.15) is 27.8 Å². The van der Waals surface area contributed by atoms with Gasteiger partial charge in [-0.3, -0.25) is 0 Å². The van der Waals surface area contributed by atoms with Gasteiger partial charge < -0.3 is 10.1 Å². The van der Waals surface area contributed by atoms with Gasteiger partial charge in [-0.2, -0.15) is 5.26 Å². The molecule has 3 nitrogen and oxygen atoms in total. The zero-order chi connectivity index (χ0) is 15.4. The second-order valence-electron chi connectivity index (χ2n) is 5.27. The van der Waals surface area contributed by atoms with E-state index in [0.717, 1.165) is 11.3 Å². The standard InChI is InChI=1S/C18H20N2O/c1-12-7-13(2)18(14(3)8-12)20-11-15-5-6-17(21-4)16(9-15)10-19/h5-9,20H,11H2,1-4H3. The maximum atomic E-state index is 9.13. The quantitative estimate of drug-likeness (QED) is 0.917. The van der Waals surface area contributed by atoms with Gasteiger partial charge >= 0.3 is 0 Å². The van der Waals surface area contributed by atoms with E-state index in [1.54, 1.807) is 7.11 Å². The molecule has 3 heteroatoms. The zero-order valence-electron chi connectivity index (χ0n) is 12.9. The number of ether oxygens (including phenoxy) is 1. The monoisotopic (exact) mass is 280 g/mol. The Morgan fingerprint density at radius 2 is 1.76 bits per heavy atom. The minimum atomic E-state index is 0.564. The molecule has 2 aromatic rings. The highest BCUT2D eigenvalue weighted by atomic mass is 16.5. The molecule has 0 aliphatic rings. The lowest BCUT2D eigenvalue weighted by Gasteiger charge is -2.14. The number of hydrogen-bond donors (Lipinski definition) is 1. The van der Waals surface area contributed by atoms with Crippen LogP contribution in [-0.2, 0) is 6.54 Å². The first kappa shape index (κ1) is 14.9. The first-order valence-corrected chi connectivity index (χ1v) is 6.94. The molecule has 0 saturated carbocycles. The van der Waals surface area contributed by atoms with Crippen LogP contribution in [-0.4, -0.2) is 7.11 Å². The second-order valence-corrected chi connectivity index (χ2v) is 5.27. The molecule has 0 atom stereocenters. The number of rotatable bonds is 4. The van der Waals surface area contributed by atoms with Gasteiger partial charge in [-0.25, -0.2) is 0 Å². The molecule has 0 heterocycles. The fourth-order valence-corrected chi connectivity index (χ4v) is 2.60. The summed E-state index contributed by atoms with van der Waals surface area (Å²) in [5.74, 6) is 0.615. The average Bonchev–Trinajstić information content (AvgIpc) is 2.45. The lowest BCUT2D eigenvalue weighted by atomic mass is 10.0. The lowest BCUT2D eigenvalue weighted by molar-refractivity contribution is 0.413. The predicted molar refractivity (Wildman–Crippen MR) is 85.7 cm³/mol. The van der Waals surface area contributed by atoms with Crippen LogP contribution in [0.15, 0.2) is 30.3 Å². The first-order chi connectivity index (χ1) is 10.0. The van der Waals surface area contributed by atoms with Crippen molar-refractivity contribution in [1.29, 1.82) is 5.26 Å². The maximum Gasteiger partial charge on any atom is 0.136 e. The average molecular weight is 280 g/mol. The first-order valence-electron chi connectivity index (χ1n) is 6.94. The number of nitrogens with one attached hydrogen (secondary N) is 1. The molecule has 0 spiro atoms. The van der Waals surface area contributed by atoms with Crippen molar-refractivity contribution in [2.45, 2.75) is 27.3 Å². The molecule has 0 bridgehead atoms. The van der Waals surface area contributed by atoms with Gasteiger partial charge in [-0.15, -0.1) is 0 Å². The van der Waals surface area contributed by atoms with E-state index in [9.17, 15) is 0 Å². The van der Waals surface area contributed by atoms with E-state index in [4.69, 9.17) is 10.00 Å². The number of anilines is 1. The fourth-order valence-electron chi connectivity index (χ4n) is 2.60. The maximum absolute atomic E-state index is 9.13. The Morgan fingerprint density at radius 1 is 1.10 bits per heavy atom. The molecule has 0 aliphatic heterocycles. The van der Waals surface area contributed by atoms with E-state index < -0.39 is 0 Å². The summed E-state index contributed by atoms with van der Waals surface area (Å²) in [6.07, 6.45) is 0. The molecule has 21 heavy (non-hydrogen) atoms. The molecule has 0 aliphatic carbocycles. The molecule has 108 valence electrons. The number of aryl methyl sites for hydroxylation is 3. The van der Waals surface area contributed by atoms with E-state index in [1.807, 2.05) is 18.2 Å². The Balaban J connectivity index is 2.19. The highest BCUT2D eigenvalue weighted by Crippen LogP contribution is 2.24. The summed E-state index contributed by atoms with van der Waals surface area (Å²) in [4.78, 5) is 0. The van der Waals surface area contributed by atoms with E-state index in [2.05, 4.69) is 44.3 Å². The predicted octanol–water partition coefficient (Wildman–Crippen LogP) is 4.10. The Kier molecular flexibility index (Phi) is 4.49. The smallest absolute Gasteiger partial charge is 0.136 e. The van der Waals surface area contributed by atoms with Crippen LogP contribution < -0.4 is 10.1 Å². The van der Waals surface area contributed by atoms with Crippen LogP contribution in [0, 0.1) is 32.1 Å². The van der Waals surface area contributed by atoms with E-state index in [1.165, 1.54) is 16.7 Å². The molecule has 0 saturated heterocycles. The van der Waals surface area contributed by atoms with E-state index in [-0.39, 0.29) is 0 Å². The molecule has 0 fully saturated rings. The van der Waals surface area contributed by atoms with Crippen molar-refractivity contribution in [3.05, 3.63) is 58.1 Å². The minimum Gasteiger partial charge on any atom is -0.495 e. The molecular formula is C18H20N2O. The van der Waals surface area contributed by atoms with Crippen LogP contribution in [0.5, 0.6) is 5.75 Å². The fraction of sp³-hybridized carbons (Fsp3) is 0.278. The summed E-state index contributed by atoms with van der Waals surface area (Å²) >= 11 is 0. The number of hydrogen-bond acceptors (Lipinski definition) is 3. The molecule has 2 rings (SSSR count). The minimum absolute atomic E-state index is 0.564. The van der Waals surface area contributed by atoms with Gasteiger partial charge in [0.1, 0.15) is 11.8 Å². The van der Waals surface area contributed by atoms with Crippen molar-refractivity contribution in [3.63, 3.8) is 0 Å². The Morgan fingerprint density at radius 3 is 2.33 bits per heavy atom. The SMILES string of the molecule is COc1ccc(CNc2c(C)cc(C)cc2C)cc1C#N. The topological polar surface area (TPSA) is 45.0 Å². The molecule has 1 N–H and O–H groups in total. The second kappa shape index (κ2) is 6.32. The van der Waals surface area contributed by atoms with Crippen molar-refractivity contribution in [3.8, 4) is 11.8 Å². The number of benzene rings is 2. The van der Waals surface area contributed by atoms with Crippen molar-refractivity contribution in [1.82, 2.24) is 0 Å². The van der Waals surface area contributed by atoms with Crippen molar-refractivity contribution >= 4 is 5.69 Å². The van der Waals surface area contributed by atoms with Gasteiger partial charge in [-0.05, 0) is 49.6 Å². The van der Waals surface area contributed by atoms with Crippen molar-refractivity contribution < 1.29 is 4.74 Å². The van der Waals surface area contributed by atoms with Crippen LogP contribution in [0.2, 0.25) is 0 Å².